The van der Waals surface area contributed by atoms with E-state index in [1.54, 1.807) is 0 Å². The molecule has 2 aromatic rings. The maximum Gasteiger partial charge on any atom is 0.274 e. The van der Waals surface area contributed by atoms with Gasteiger partial charge in [-0.15, -0.1) is 0 Å². The van der Waals surface area contributed by atoms with E-state index in [0.717, 1.165) is 36.7 Å². The van der Waals surface area contributed by atoms with Crippen molar-refractivity contribution < 1.29 is 4.79 Å². The second-order valence-electron chi connectivity index (χ2n) is 6.49. The van der Waals surface area contributed by atoms with Crippen LogP contribution in [0, 0.1) is 13.8 Å². The molecule has 1 aliphatic carbocycles. The number of H-pyrrole nitrogens is 1. The van der Waals surface area contributed by atoms with Crippen molar-refractivity contribution in [2.24, 2.45) is 0 Å². The molecular formula is C16H21N5O. The highest BCUT2D eigenvalue weighted by Crippen LogP contribution is 2.39. The number of aromatic amines is 1. The minimum Gasteiger partial charge on any atom is -0.335 e. The Morgan fingerprint density at radius 1 is 1.32 bits per heavy atom. The molecule has 0 aromatic carbocycles. The van der Waals surface area contributed by atoms with Gasteiger partial charge in [-0.2, -0.15) is 5.10 Å². The summed E-state index contributed by atoms with van der Waals surface area (Å²) in [5.41, 5.74) is 2.83. The molecule has 1 amide bonds. The first kappa shape index (κ1) is 13.5. The van der Waals surface area contributed by atoms with Crippen LogP contribution in [0.25, 0.3) is 0 Å². The van der Waals surface area contributed by atoms with Crippen molar-refractivity contribution in [3.05, 3.63) is 35.2 Å². The third-order valence-electron chi connectivity index (χ3n) is 4.82. The van der Waals surface area contributed by atoms with Crippen LogP contribution >= 0.6 is 0 Å². The molecular weight excluding hydrogens is 278 g/mol. The molecule has 0 bridgehead atoms. The van der Waals surface area contributed by atoms with E-state index in [9.17, 15) is 4.79 Å². The van der Waals surface area contributed by atoms with Crippen LogP contribution in [-0.2, 0) is 0 Å². The van der Waals surface area contributed by atoms with E-state index in [1.165, 1.54) is 12.8 Å². The molecule has 6 nitrogen and oxygen atoms in total. The van der Waals surface area contributed by atoms with E-state index >= 15 is 0 Å². The zero-order chi connectivity index (χ0) is 15.3. The molecule has 22 heavy (non-hydrogen) atoms. The maximum atomic E-state index is 12.6. The third-order valence-corrected chi connectivity index (χ3v) is 4.82. The monoisotopic (exact) mass is 299 g/mol. The summed E-state index contributed by atoms with van der Waals surface area (Å²) >= 11 is 0. The van der Waals surface area contributed by atoms with Crippen LogP contribution in [0.2, 0.25) is 0 Å². The summed E-state index contributed by atoms with van der Waals surface area (Å²) in [6, 6.07) is 2.26. The van der Waals surface area contributed by atoms with Crippen molar-refractivity contribution in [3.8, 4) is 0 Å². The Kier molecular flexibility index (Phi) is 3.06. The number of amides is 1. The zero-order valence-corrected chi connectivity index (χ0v) is 13.0. The Hall–Kier alpha value is -2.11. The first-order chi connectivity index (χ1) is 10.6. The predicted octanol–water partition coefficient (Wildman–Crippen LogP) is 2.19. The number of aryl methyl sites for hydroxylation is 2. The fraction of sp³-hybridized carbons (Fsp3) is 0.562. The second kappa shape index (κ2) is 4.97. The van der Waals surface area contributed by atoms with Crippen molar-refractivity contribution >= 4 is 5.91 Å². The van der Waals surface area contributed by atoms with Gasteiger partial charge in [-0.05, 0) is 39.2 Å². The molecule has 116 valence electrons. The minimum atomic E-state index is 0.0427. The standard InChI is InChI=1S/C16H21N5O/c1-10-8-17-11(2)21(10)13-5-6-20(9-13)16(22)15-7-14(18-19-15)12-3-4-12/h7-8,12-13H,3-6,9H2,1-2H3,(H,18,19). The van der Waals surface area contributed by atoms with E-state index in [1.807, 2.05) is 24.1 Å². The first-order valence-corrected chi connectivity index (χ1v) is 7.98. The van der Waals surface area contributed by atoms with Gasteiger partial charge in [0.05, 0.1) is 6.04 Å². The quantitative estimate of drug-likeness (QED) is 0.944. The van der Waals surface area contributed by atoms with Gasteiger partial charge < -0.3 is 9.47 Å². The van der Waals surface area contributed by atoms with Gasteiger partial charge in [0, 0.05) is 36.6 Å². The number of likely N-dealkylation sites (tertiary alicyclic amines) is 1. The second-order valence-corrected chi connectivity index (χ2v) is 6.49. The van der Waals surface area contributed by atoms with Gasteiger partial charge in [-0.1, -0.05) is 0 Å². The van der Waals surface area contributed by atoms with Gasteiger partial charge in [0.1, 0.15) is 11.5 Å². The van der Waals surface area contributed by atoms with Gasteiger partial charge in [-0.25, -0.2) is 4.98 Å². The van der Waals surface area contributed by atoms with Gasteiger partial charge in [0.2, 0.25) is 0 Å². The number of hydrogen-bond donors (Lipinski definition) is 1. The average Bonchev–Trinajstić information content (AvgIpc) is 2.93. The van der Waals surface area contributed by atoms with Crippen molar-refractivity contribution in [3.63, 3.8) is 0 Å². The highest BCUT2D eigenvalue weighted by atomic mass is 16.2. The molecule has 6 heteroatoms. The summed E-state index contributed by atoms with van der Waals surface area (Å²) < 4.78 is 2.24. The van der Waals surface area contributed by atoms with Crippen LogP contribution in [-0.4, -0.2) is 43.6 Å². The molecule has 0 radical (unpaired) electrons. The van der Waals surface area contributed by atoms with Crippen LogP contribution in [0.1, 0.15) is 58.9 Å². The summed E-state index contributed by atoms with van der Waals surface area (Å²) in [4.78, 5) is 18.9. The third kappa shape index (κ3) is 2.23. The van der Waals surface area contributed by atoms with Crippen LogP contribution in [0.5, 0.6) is 0 Å². The van der Waals surface area contributed by atoms with Gasteiger partial charge >= 0.3 is 0 Å². The van der Waals surface area contributed by atoms with Crippen molar-refractivity contribution in [2.75, 3.05) is 13.1 Å². The molecule has 0 spiro atoms. The van der Waals surface area contributed by atoms with E-state index in [-0.39, 0.29) is 5.91 Å². The van der Waals surface area contributed by atoms with Gasteiger partial charge in [-0.3, -0.25) is 9.89 Å². The van der Waals surface area contributed by atoms with Crippen LogP contribution in [0.4, 0.5) is 0 Å². The zero-order valence-electron chi connectivity index (χ0n) is 13.0. The molecule has 1 atom stereocenters. The highest BCUT2D eigenvalue weighted by molar-refractivity contribution is 5.92. The number of carbonyl (C=O) groups is 1. The van der Waals surface area contributed by atoms with E-state index in [2.05, 4.69) is 26.7 Å². The van der Waals surface area contributed by atoms with E-state index in [0.29, 0.717) is 17.7 Å². The lowest BCUT2D eigenvalue weighted by Gasteiger charge is -2.18. The van der Waals surface area contributed by atoms with Crippen molar-refractivity contribution in [2.45, 2.75) is 45.1 Å². The lowest BCUT2D eigenvalue weighted by Crippen LogP contribution is -2.29. The first-order valence-electron chi connectivity index (χ1n) is 7.98. The Labute approximate surface area is 129 Å². The fourth-order valence-corrected chi connectivity index (χ4v) is 3.47. The Balaban J connectivity index is 1.48. The number of nitrogens with zero attached hydrogens (tertiary/aromatic N) is 4. The summed E-state index contributed by atoms with van der Waals surface area (Å²) in [5, 5.41) is 7.23. The summed E-state index contributed by atoms with van der Waals surface area (Å²) in [7, 11) is 0. The van der Waals surface area contributed by atoms with Crippen molar-refractivity contribution in [1.29, 1.82) is 0 Å². The minimum absolute atomic E-state index is 0.0427. The summed E-state index contributed by atoms with van der Waals surface area (Å²) in [6.07, 6.45) is 5.29. The number of rotatable bonds is 3. The van der Waals surface area contributed by atoms with Crippen molar-refractivity contribution in [1.82, 2.24) is 24.6 Å². The lowest BCUT2D eigenvalue weighted by molar-refractivity contribution is 0.0781. The molecule has 2 fully saturated rings. The topological polar surface area (TPSA) is 66.8 Å². The van der Waals surface area contributed by atoms with E-state index < -0.39 is 0 Å². The summed E-state index contributed by atoms with van der Waals surface area (Å²) in [5.74, 6) is 1.66. The molecule has 2 aliphatic rings. The number of hydrogen-bond acceptors (Lipinski definition) is 3. The molecule has 3 heterocycles. The molecule has 1 saturated heterocycles. The predicted molar refractivity (Wildman–Crippen MR) is 81.8 cm³/mol. The Bertz CT molecular complexity index is 692. The smallest absolute Gasteiger partial charge is 0.274 e. The normalized spacial score (nSPS) is 21.5. The van der Waals surface area contributed by atoms with Gasteiger partial charge in [0.25, 0.3) is 5.91 Å². The molecule has 1 saturated carbocycles. The highest BCUT2D eigenvalue weighted by Gasteiger charge is 2.32. The largest absolute Gasteiger partial charge is 0.335 e. The molecule has 1 N–H and O–H groups in total. The SMILES string of the molecule is Cc1cnc(C)n1C1CCN(C(=O)c2cc(C3CC3)[nH]n2)C1. The molecule has 1 aliphatic heterocycles. The van der Waals surface area contributed by atoms with Gasteiger partial charge in [0.15, 0.2) is 0 Å². The fourth-order valence-electron chi connectivity index (χ4n) is 3.47. The Morgan fingerprint density at radius 2 is 2.14 bits per heavy atom. The Morgan fingerprint density at radius 3 is 2.82 bits per heavy atom. The molecule has 2 aromatic heterocycles. The van der Waals surface area contributed by atoms with Crippen LogP contribution < -0.4 is 0 Å². The number of imidazole rings is 1. The molecule has 1 unspecified atom stereocenters. The lowest BCUT2D eigenvalue weighted by atomic mass is 10.2. The van der Waals surface area contributed by atoms with Crippen LogP contribution in [0.3, 0.4) is 0 Å². The number of nitrogens with one attached hydrogen (secondary N) is 1. The summed E-state index contributed by atoms with van der Waals surface area (Å²) in [6.45, 7) is 5.61. The van der Waals surface area contributed by atoms with E-state index in [4.69, 9.17) is 0 Å². The molecule has 4 rings (SSSR count). The number of carbonyl (C=O) groups excluding carboxylic acids is 1. The number of aromatic nitrogens is 4. The van der Waals surface area contributed by atoms with Crippen LogP contribution in [0.15, 0.2) is 12.3 Å². The average molecular weight is 299 g/mol. The maximum absolute atomic E-state index is 12.6.